The average molecular weight is 267 g/mol. The van der Waals surface area contributed by atoms with Crippen LogP contribution in [-0.2, 0) is 11.3 Å². The Hall–Kier alpha value is -1.26. The van der Waals surface area contributed by atoms with Crippen molar-refractivity contribution in [1.29, 1.82) is 0 Å². The van der Waals surface area contributed by atoms with Gasteiger partial charge in [0.05, 0.1) is 13.7 Å². The molecule has 108 valence electrons. The fourth-order valence-corrected chi connectivity index (χ4v) is 1.74. The zero-order chi connectivity index (χ0) is 13.9. The molecule has 0 radical (unpaired) electrons. The van der Waals surface area contributed by atoms with E-state index in [1.807, 2.05) is 12.1 Å². The lowest BCUT2D eigenvalue weighted by molar-refractivity contribution is 0.170. The number of hydrogen-bond acceptors (Lipinski definition) is 4. The van der Waals surface area contributed by atoms with Crippen LogP contribution in [0.25, 0.3) is 0 Å². The van der Waals surface area contributed by atoms with E-state index in [4.69, 9.17) is 14.2 Å². The van der Waals surface area contributed by atoms with E-state index >= 15 is 0 Å². The van der Waals surface area contributed by atoms with Crippen LogP contribution in [0.2, 0.25) is 0 Å². The Labute approximate surface area is 116 Å². The highest BCUT2D eigenvalue weighted by Gasteiger charge is 2.05. The van der Waals surface area contributed by atoms with Crippen LogP contribution in [0.5, 0.6) is 11.5 Å². The maximum absolute atomic E-state index is 5.74. The first-order chi connectivity index (χ1) is 9.31. The molecular weight excluding hydrogens is 242 g/mol. The minimum atomic E-state index is 0.635. The molecule has 1 aromatic carbocycles. The summed E-state index contributed by atoms with van der Waals surface area (Å²) in [5.41, 5.74) is 1.20. The van der Waals surface area contributed by atoms with Gasteiger partial charge in [-0.15, -0.1) is 0 Å². The van der Waals surface area contributed by atoms with Gasteiger partial charge >= 0.3 is 0 Å². The quantitative estimate of drug-likeness (QED) is 0.661. The van der Waals surface area contributed by atoms with Crippen LogP contribution in [0, 0.1) is 0 Å². The summed E-state index contributed by atoms with van der Waals surface area (Å²) in [7, 11) is 3.35. The first-order valence-electron chi connectivity index (χ1n) is 6.81. The summed E-state index contributed by atoms with van der Waals surface area (Å²) in [5.74, 6) is 1.58. The summed E-state index contributed by atoms with van der Waals surface area (Å²) in [4.78, 5) is 0. The highest BCUT2D eigenvalue weighted by Crippen LogP contribution is 2.28. The first-order valence-corrected chi connectivity index (χ1v) is 6.81. The van der Waals surface area contributed by atoms with E-state index in [-0.39, 0.29) is 0 Å². The summed E-state index contributed by atoms with van der Waals surface area (Å²) in [5, 5.41) is 3.38. The van der Waals surface area contributed by atoms with Crippen molar-refractivity contribution in [3.63, 3.8) is 0 Å². The summed E-state index contributed by atoms with van der Waals surface area (Å²) in [6.07, 6.45) is 2.01. The molecular formula is C15H25NO3. The smallest absolute Gasteiger partial charge is 0.161 e. The van der Waals surface area contributed by atoms with Crippen molar-refractivity contribution in [2.75, 3.05) is 34.0 Å². The number of ether oxygens (including phenoxy) is 3. The van der Waals surface area contributed by atoms with E-state index in [1.54, 1.807) is 14.2 Å². The van der Waals surface area contributed by atoms with Crippen molar-refractivity contribution >= 4 is 0 Å². The molecule has 4 nitrogen and oxygen atoms in total. The third-order valence-electron chi connectivity index (χ3n) is 2.73. The predicted octanol–water partition coefficient (Wildman–Crippen LogP) is 2.61. The van der Waals surface area contributed by atoms with Gasteiger partial charge in [0.2, 0.25) is 0 Å². The maximum Gasteiger partial charge on any atom is 0.161 e. The first kappa shape index (κ1) is 15.8. The molecule has 0 aromatic heterocycles. The monoisotopic (exact) mass is 267 g/mol. The van der Waals surface area contributed by atoms with Crippen LogP contribution in [0.4, 0.5) is 0 Å². The van der Waals surface area contributed by atoms with Crippen LogP contribution in [0.3, 0.4) is 0 Å². The Morgan fingerprint density at radius 1 is 1.11 bits per heavy atom. The van der Waals surface area contributed by atoms with Crippen LogP contribution < -0.4 is 14.8 Å². The van der Waals surface area contributed by atoms with Crippen molar-refractivity contribution in [2.45, 2.75) is 26.3 Å². The Balaban J connectivity index is 2.56. The summed E-state index contributed by atoms with van der Waals surface area (Å²) in [6, 6.07) is 6.05. The van der Waals surface area contributed by atoms with Gasteiger partial charge in [0.15, 0.2) is 11.5 Å². The molecule has 0 heterocycles. The molecule has 0 bridgehead atoms. The number of benzene rings is 1. The minimum Gasteiger partial charge on any atom is -0.493 e. The molecule has 0 saturated carbocycles. The van der Waals surface area contributed by atoms with Crippen molar-refractivity contribution in [3.05, 3.63) is 23.8 Å². The van der Waals surface area contributed by atoms with E-state index in [9.17, 15) is 0 Å². The number of rotatable bonds is 10. The van der Waals surface area contributed by atoms with Gasteiger partial charge in [-0.3, -0.25) is 0 Å². The third kappa shape index (κ3) is 5.94. The van der Waals surface area contributed by atoms with Crippen molar-refractivity contribution < 1.29 is 14.2 Å². The van der Waals surface area contributed by atoms with E-state index in [0.717, 1.165) is 37.4 Å². The van der Waals surface area contributed by atoms with Crippen molar-refractivity contribution in [2.24, 2.45) is 0 Å². The molecule has 1 aromatic rings. The predicted molar refractivity (Wildman–Crippen MR) is 77.0 cm³/mol. The summed E-state index contributed by atoms with van der Waals surface area (Å²) in [6.45, 7) is 5.38. The molecule has 0 saturated heterocycles. The zero-order valence-corrected chi connectivity index (χ0v) is 12.2. The van der Waals surface area contributed by atoms with Crippen LogP contribution in [0.1, 0.15) is 25.3 Å². The van der Waals surface area contributed by atoms with E-state index < -0.39 is 0 Å². The molecule has 1 rings (SSSR count). The Kier molecular flexibility index (Phi) is 8.02. The lowest BCUT2D eigenvalue weighted by Crippen LogP contribution is -2.14. The van der Waals surface area contributed by atoms with Crippen LogP contribution >= 0.6 is 0 Å². The van der Waals surface area contributed by atoms with Gasteiger partial charge in [-0.25, -0.2) is 0 Å². The number of methoxy groups -OCH3 is 2. The lowest BCUT2D eigenvalue weighted by Gasteiger charge is -2.12. The SMILES string of the molecule is CCCNCc1ccc(OC)c(OCCCOC)c1. The van der Waals surface area contributed by atoms with E-state index in [1.165, 1.54) is 5.56 Å². The second kappa shape index (κ2) is 9.64. The van der Waals surface area contributed by atoms with Crippen LogP contribution in [-0.4, -0.2) is 34.0 Å². The highest BCUT2D eigenvalue weighted by atomic mass is 16.5. The Morgan fingerprint density at radius 3 is 2.63 bits per heavy atom. The van der Waals surface area contributed by atoms with Gasteiger partial charge in [-0.05, 0) is 30.7 Å². The topological polar surface area (TPSA) is 39.7 Å². The highest BCUT2D eigenvalue weighted by molar-refractivity contribution is 5.42. The van der Waals surface area contributed by atoms with Gasteiger partial charge in [0, 0.05) is 26.7 Å². The molecule has 0 aliphatic heterocycles. The Bertz CT molecular complexity index is 355. The molecule has 0 unspecified atom stereocenters. The second-order valence-corrected chi connectivity index (χ2v) is 4.36. The summed E-state index contributed by atoms with van der Waals surface area (Å²) < 4.78 is 16.1. The standard InChI is InChI=1S/C15H25NO3/c1-4-8-16-12-13-6-7-14(18-3)15(11-13)19-10-5-9-17-2/h6-7,11,16H,4-5,8-10,12H2,1-3H3. The molecule has 0 amide bonds. The van der Waals surface area contributed by atoms with Gasteiger partial charge in [0.25, 0.3) is 0 Å². The van der Waals surface area contributed by atoms with E-state index in [2.05, 4.69) is 18.3 Å². The second-order valence-electron chi connectivity index (χ2n) is 4.36. The molecule has 0 fully saturated rings. The fraction of sp³-hybridized carbons (Fsp3) is 0.600. The number of hydrogen-bond donors (Lipinski definition) is 1. The normalized spacial score (nSPS) is 10.5. The largest absolute Gasteiger partial charge is 0.493 e. The maximum atomic E-state index is 5.74. The average Bonchev–Trinajstić information content (AvgIpc) is 2.44. The van der Waals surface area contributed by atoms with Crippen molar-refractivity contribution in [3.8, 4) is 11.5 Å². The van der Waals surface area contributed by atoms with Gasteiger partial charge in [0.1, 0.15) is 0 Å². The molecule has 0 aliphatic carbocycles. The minimum absolute atomic E-state index is 0.635. The van der Waals surface area contributed by atoms with Gasteiger partial charge in [-0.1, -0.05) is 13.0 Å². The molecule has 19 heavy (non-hydrogen) atoms. The number of nitrogens with one attached hydrogen (secondary N) is 1. The summed E-state index contributed by atoms with van der Waals surface area (Å²) >= 11 is 0. The molecule has 4 heteroatoms. The van der Waals surface area contributed by atoms with Crippen LogP contribution in [0.15, 0.2) is 18.2 Å². The lowest BCUT2D eigenvalue weighted by atomic mass is 10.2. The van der Waals surface area contributed by atoms with Gasteiger partial charge in [-0.2, -0.15) is 0 Å². The molecule has 0 spiro atoms. The Morgan fingerprint density at radius 2 is 1.95 bits per heavy atom. The van der Waals surface area contributed by atoms with E-state index in [0.29, 0.717) is 13.2 Å². The molecule has 0 atom stereocenters. The van der Waals surface area contributed by atoms with Gasteiger partial charge < -0.3 is 19.5 Å². The fourth-order valence-electron chi connectivity index (χ4n) is 1.74. The van der Waals surface area contributed by atoms with Crippen molar-refractivity contribution in [1.82, 2.24) is 5.32 Å². The molecule has 1 N–H and O–H groups in total. The third-order valence-corrected chi connectivity index (χ3v) is 2.73. The zero-order valence-electron chi connectivity index (χ0n) is 12.2. The molecule has 0 aliphatic rings.